The Balaban J connectivity index is 2.69. The lowest BCUT2D eigenvalue weighted by atomic mass is 10.1. The van der Waals surface area contributed by atoms with Crippen LogP contribution in [0.5, 0.6) is 0 Å². The van der Waals surface area contributed by atoms with Crippen molar-refractivity contribution in [1.82, 2.24) is 0 Å². The topological polar surface area (TPSA) is 0 Å². The summed E-state index contributed by atoms with van der Waals surface area (Å²) in [5.74, 6) is 0. The first-order chi connectivity index (χ1) is 4.63. The van der Waals surface area contributed by atoms with Crippen LogP contribution in [-0.4, -0.2) is 21.5 Å². The first-order valence-corrected chi connectivity index (χ1v) is 4.62. The van der Waals surface area contributed by atoms with Gasteiger partial charge in [0.1, 0.15) is 0 Å². The monoisotopic (exact) mass is 218 g/mol. The van der Waals surface area contributed by atoms with Gasteiger partial charge in [0.2, 0.25) is 0 Å². The molecule has 58 valence electrons. The summed E-state index contributed by atoms with van der Waals surface area (Å²) in [6.07, 6.45) is 3.55. The van der Waals surface area contributed by atoms with E-state index in [2.05, 4.69) is 0 Å². The normalized spacial score (nSPS) is 47.6. The molecule has 0 bridgehead atoms. The molecule has 0 aromatic rings. The van der Waals surface area contributed by atoms with Crippen molar-refractivity contribution in [3.05, 3.63) is 12.2 Å². The lowest BCUT2D eigenvalue weighted by Gasteiger charge is -2.25. The van der Waals surface area contributed by atoms with E-state index < -0.39 is 0 Å². The molecule has 1 rings (SSSR count). The molecule has 0 fully saturated rings. The molecule has 0 nitrogen and oxygen atoms in total. The minimum Gasteiger partial charge on any atom is -0.119 e. The molecule has 0 saturated heterocycles. The molecule has 0 unspecified atom stereocenters. The van der Waals surface area contributed by atoms with Gasteiger partial charge >= 0.3 is 0 Å². The summed E-state index contributed by atoms with van der Waals surface area (Å²) in [5, 5.41) is -0.926. The van der Waals surface area contributed by atoms with Crippen LogP contribution in [0.4, 0.5) is 0 Å². The van der Waals surface area contributed by atoms with Gasteiger partial charge in [-0.1, -0.05) is 12.2 Å². The molecule has 0 saturated carbocycles. The Morgan fingerprint density at radius 3 is 1.30 bits per heavy atom. The first kappa shape index (κ1) is 8.99. The van der Waals surface area contributed by atoms with Gasteiger partial charge in [0.05, 0.1) is 21.5 Å². The van der Waals surface area contributed by atoms with Crippen LogP contribution in [0.25, 0.3) is 0 Å². The number of hydrogen-bond acceptors (Lipinski definition) is 0. The van der Waals surface area contributed by atoms with Gasteiger partial charge in [-0.15, -0.1) is 46.4 Å². The largest absolute Gasteiger partial charge is 0.119 e. The van der Waals surface area contributed by atoms with Crippen LogP contribution in [0, 0.1) is 0 Å². The maximum absolute atomic E-state index is 5.81. The number of alkyl halides is 4. The molecule has 0 aliphatic heterocycles. The molecule has 0 aromatic heterocycles. The fourth-order valence-corrected chi connectivity index (χ4v) is 1.89. The summed E-state index contributed by atoms with van der Waals surface area (Å²) >= 11 is 23.2. The Morgan fingerprint density at radius 1 is 0.700 bits per heavy atom. The van der Waals surface area contributed by atoms with Crippen molar-refractivity contribution in [3.8, 4) is 0 Å². The van der Waals surface area contributed by atoms with Gasteiger partial charge in [-0.25, -0.2) is 0 Å². The smallest absolute Gasteiger partial charge is 0.0716 e. The van der Waals surface area contributed by atoms with Gasteiger partial charge in [0.15, 0.2) is 0 Å². The van der Waals surface area contributed by atoms with Crippen molar-refractivity contribution >= 4 is 46.4 Å². The minimum absolute atomic E-state index is 0.195. The maximum Gasteiger partial charge on any atom is 0.0716 e. The zero-order valence-corrected chi connectivity index (χ0v) is 8.00. The highest BCUT2D eigenvalue weighted by molar-refractivity contribution is 6.39. The predicted molar refractivity (Wildman–Crippen MR) is 47.7 cm³/mol. The molecule has 1 aliphatic rings. The van der Waals surface area contributed by atoms with Crippen molar-refractivity contribution in [2.75, 3.05) is 0 Å². The summed E-state index contributed by atoms with van der Waals surface area (Å²) in [6, 6.07) is 0. The van der Waals surface area contributed by atoms with Gasteiger partial charge in [-0.05, 0) is 0 Å². The number of hydrogen-bond donors (Lipinski definition) is 0. The van der Waals surface area contributed by atoms with E-state index in [1.807, 2.05) is 0 Å². The van der Waals surface area contributed by atoms with Crippen LogP contribution in [0.2, 0.25) is 0 Å². The quantitative estimate of drug-likeness (QED) is 0.434. The zero-order valence-electron chi connectivity index (χ0n) is 4.98. The van der Waals surface area contributed by atoms with Gasteiger partial charge in [-0.3, -0.25) is 0 Å². The van der Waals surface area contributed by atoms with E-state index >= 15 is 0 Å². The third kappa shape index (κ3) is 1.73. The molecule has 0 amide bonds. The van der Waals surface area contributed by atoms with Crippen LogP contribution in [0.1, 0.15) is 0 Å². The second-order valence-electron chi connectivity index (χ2n) is 2.16. The van der Waals surface area contributed by atoms with E-state index in [9.17, 15) is 0 Å². The lowest BCUT2D eigenvalue weighted by Crippen LogP contribution is -2.34. The van der Waals surface area contributed by atoms with Crippen molar-refractivity contribution in [2.45, 2.75) is 21.5 Å². The summed E-state index contributed by atoms with van der Waals surface area (Å²) < 4.78 is 0. The van der Waals surface area contributed by atoms with Crippen molar-refractivity contribution in [3.63, 3.8) is 0 Å². The SMILES string of the molecule is Cl[C@@H]1[C@@H](Cl)[C@H](Cl)C=C[C@H]1Cl. The number of rotatable bonds is 0. The molecular formula is C6H6Cl4. The summed E-state index contributed by atoms with van der Waals surface area (Å²) in [6.45, 7) is 0. The third-order valence-corrected chi connectivity index (χ3v) is 3.70. The predicted octanol–water partition coefficient (Wildman–Crippen LogP) is 2.99. The van der Waals surface area contributed by atoms with Gasteiger partial charge in [-0.2, -0.15) is 0 Å². The standard InChI is InChI=1S/C6H6Cl4/c7-3-1-2-4(8)6(10)5(3)9/h1-6H/t3-,4-,5+,6+/m1/s1. The van der Waals surface area contributed by atoms with E-state index in [0.29, 0.717) is 0 Å². The van der Waals surface area contributed by atoms with E-state index in [1.165, 1.54) is 0 Å². The molecule has 0 aromatic carbocycles. The lowest BCUT2D eigenvalue weighted by molar-refractivity contribution is 0.759. The Kier molecular flexibility index (Phi) is 3.18. The summed E-state index contributed by atoms with van der Waals surface area (Å²) in [5.41, 5.74) is 0. The Labute approximate surface area is 80.1 Å². The number of allylic oxidation sites excluding steroid dienone is 2. The molecular weight excluding hydrogens is 214 g/mol. The second-order valence-corrected chi connectivity index (χ2v) is 4.18. The van der Waals surface area contributed by atoms with Gasteiger partial charge in [0, 0.05) is 0 Å². The molecule has 10 heavy (non-hydrogen) atoms. The van der Waals surface area contributed by atoms with Crippen molar-refractivity contribution in [2.24, 2.45) is 0 Å². The summed E-state index contributed by atoms with van der Waals surface area (Å²) in [4.78, 5) is 0. The fraction of sp³-hybridized carbons (Fsp3) is 0.667. The minimum atomic E-state index is -0.268. The van der Waals surface area contributed by atoms with E-state index in [1.54, 1.807) is 12.2 Å². The Hall–Kier alpha value is 0.900. The molecule has 0 heterocycles. The van der Waals surface area contributed by atoms with Crippen LogP contribution < -0.4 is 0 Å². The molecule has 0 radical (unpaired) electrons. The highest BCUT2D eigenvalue weighted by Crippen LogP contribution is 2.29. The second kappa shape index (κ2) is 3.53. The average Bonchev–Trinajstić information content (AvgIpc) is 1.93. The molecule has 4 atom stereocenters. The van der Waals surface area contributed by atoms with Crippen LogP contribution in [0.3, 0.4) is 0 Å². The molecule has 0 N–H and O–H groups in total. The Bertz CT molecular complexity index is 129. The highest BCUT2D eigenvalue weighted by atomic mass is 35.5. The zero-order chi connectivity index (χ0) is 7.72. The number of halogens is 4. The Morgan fingerprint density at radius 2 is 1.00 bits per heavy atom. The van der Waals surface area contributed by atoms with Crippen molar-refractivity contribution < 1.29 is 0 Å². The van der Waals surface area contributed by atoms with Crippen LogP contribution in [0.15, 0.2) is 12.2 Å². The molecule has 4 heteroatoms. The average molecular weight is 220 g/mol. The van der Waals surface area contributed by atoms with Crippen LogP contribution >= 0.6 is 46.4 Å². The molecule has 0 spiro atoms. The van der Waals surface area contributed by atoms with Crippen molar-refractivity contribution in [1.29, 1.82) is 0 Å². The maximum atomic E-state index is 5.81. The van der Waals surface area contributed by atoms with E-state index in [4.69, 9.17) is 46.4 Å². The van der Waals surface area contributed by atoms with E-state index in [0.717, 1.165) is 0 Å². The van der Waals surface area contributed by atoms with Gasteiger partial charge < -0.3 is 0 Å². The summed E-state index contributed by atoms with van der Waals surface area (Å²) in [7, 11) is 0. The van der Waals surface area contributed by atoms with Crippen LogP contribution in [-0.2, 0) is 0 Å². The molecule has 1 aliphatic carbocycles. The first-order valence-electron chi connectivity index (χ1n) is 2.87. The highest BCUT2D eigenvalue weighted by Gasteiger charge is 2.31. The van der Waals surface area contributed by atoms with E-state index in [-0.39, 0.29) is 21.5 Å². The van der Waals surface area contributed by atoms with Gasteiger partial charge in [0.25, 0.3) is 0 Å². The fourth-order valence-electron chi connectivity index (χ4n) is 0.776. The third-order valence-electron chi connectivity index (χ3n) is 1.39.